The van der Waals surface area contributed by atoms with E-state index in [1.165, 1.54) is 6.08 Å². The summed E-state index contributed by atoms with van der Waals surface area (Å²) in [7, 11) is 1.55. The lowest BCUT2D eigenvalue weighted by Crippen LogP contribution is -2.16. The average molecular weight is 449 g/mol. The van der Waals surface area contributed by atoms with Crippen molar-refractivity contribution in [2.75, 3.05) is 32.2 Å². The van der Waals surface area contributed by atoms with Gasteiger partial charge in [0.15, 0.2) is 17.2 Å². The van der Waals surface area contributed by atoms with E-state index in [0.717, 1.165) is 5.56 Å². The number of rotatable bonds is 7. The molecular formula is C24H23N3O6. The van der Waals surface area contributed by atoms with E-state index in [1.54, 1.807) is 67.4 Å². The number of methoxy groups -OCH3 is 1. The summed E-state index contributed by atoms with van der Waals surface area (Å²) in [5, 5.41) is 7.05. The van der Waals surface area contributed by atoms with Gasteiger partial charge in [-0.15, -0.1) is 0 Å². The molecular weight excluding hydrogens is 426 g/mol. The SMILES string of the molecule is CCOC(=O)c1ccn(-c2cccc(NC(=O)C=Cc3cc(OC)c4c(c3)OCCO4)c2)n1. The minimum absolute atomic E-state index is 0.212. The number of benzene rings is 2. The first-order valence-electron chi connectivity index (χ1n) is 10.4. The number of anilines is 1. The molecule has 170 valence electrons. The lowest BCUT2D eigenvalue weighted by Gasteiger charge is -2.20. The largest absolute Gasteiger partial charge is 0.493 e. The summed E-state index contributed by atoms with van der Waals surface area (Å²) in [6.45, 7) is 2.93. The van der Waals surface area contributed by atoms with Crippen LogP contribution < -0.4 is 19.5 Å². The molecule has 0 bridgehead atoms. The summed E-state index contributed by atoms with van der Waals surface area (Å²) in [5.74, 6) is 0.887. The molecule has 9 heteroatoms. The Labute approximate surface area is 190 Å². The quantitative estimate of drug-likeness (QED) is 0.435. The molecule has 0 aliphatic carbocycles. The summed E-state index contributed by atoms with van der Waals surface area (Å²) < 4.78 is 23.1. The molecule has 0 fully saturated rings. The Morgan fingerprint density at radius 1 is 1.18 bits per heavy atom. The fraction of sp³-hybridized carbons (Fsp3) is 0.208. The molecule has 33 heavy (non-hydrogen) atoms. The van der Waals surface area contributed by atoms with E-state index in [1.807, 2.05) is 6.07 Å². The second kappa shape index (κ2) is 9.90. The average Bonchev–Trinajstić information content (AvgIpc) is 3.33. The van der Waals surface area contributed by atoms with Gasteiger partial charge >= 0.3 is 5.97 Å². The van der Waals surface area contributed by atoms with E-state index in [4.69, 9.17) is 18.9 Å². The van der Waals surface area contributed by atoms with Crippen LogP contribution in [0.15, 0.2) is 54.7 Å². The fourth-order valence-corrected chi connectivity index (χ4v) is 3.25. The van der Waals surface area contributed by atoms with Crippen molar-refractivity contribution in [1.29, 1.82) is 0 Å². The number of fused-ring (bicyclic) bond motifs is 1. The van der Waals surface area contributed by atoms with E-state index in [0.29, 0.717) is 41.8 Å². The zero-order valence-corrected chi connectivity index (χ0v) is 18.2. The first-order valence-corrected chi connectivity index (χ1v) is 10.4. The van der Waals surface area contributed by atoms with Gasteiger partial charge in [-0.05, 0) is 55.0 Å². The molecule has 0 saturated carbocycles. The zero-order valence-electron chi connectivity index (χ0n) is 18.2. The maximum atomic E-state index is 12.5. The predicted octanol–water partition coefficient (Wildman–Crippen LogP) is 3.48. The number of hydrogen-bond acceptors (Lipinski definition) is 7. The normalized spacial score (nSPS) is 12.4. The van der Waals surface area contributed by atoms with Crippen LogP contribution in [0.4, 0.5) is 5.69 Å². The molecule has 0 atom stereocenters. The molecule has 0 spiro atoms. The van der Waals surface area contributed by atoms with Gasteiger partial charge in [0, 0.05) is 18.0 Å². The van der Waals surface area contributed by atoms with Crippen LogP contribution in [0.1, 0.15) is 23.0 Å². The Hall–Kier alpha value is -4.27. The van der Waals surface area contributed by atoms with E-state index < -0.39 is 5.97 Å². The summed E-state index contributed by atoms with van der Waals surface area (Å²) >= 11 is 0. The highest BCUT2D eigenvalue weighted by Gasteiger charge is 2.18. The number of carbonyl (C=O) groups excluding carboxylic acids is 2. The highest BCUT2D eigenvalue weighted by Crippen LogP contribution is 2.40. The van der Waals surface area contributed by atoms with Crippen LogP contribution in [0.25, 0.3) is 11.8 Å². The Bertz CT molecular complexity index is 1180. The maximum absolute atomic E-state index is 12.5. The molecule has 0 radical (unpaired) electrons. The van der Waals surface area contributed by atoms with E-state index in [9.17, 15) is 9.59 Å². The minimum Gasteiger partial charge on any atom is -0.493 e. The van der Waals surface area contributed by atoms with Crippen molar-refractivity contribution in [3.05, 3.63) is 66.0 Å². The smallest absolute Gasteiger partial charge is 0.358 e. The molecule has 4 rings (SSSR count). The van der Waals surface area contributed by atoms with Crippen molar-refractivity contribution in [3.63, 3.8) is 0 Å². The monoisotopic (exact) mass is 449 g/mol. The van der Waals surface area contributed by atoms with Gasteiger partial charge in [0.05, 0.1) is 19.4 Å². The highest BCUT2D eigenvalue weighted by atomic mass is 16.6. The molecule has 3 aromatic rings. The second-order valence-electron chi connectivity index (χ2n) is 6.99. The number of carbonyl (C=O) groups is 2. The van der Waals surface area contributed by atoms with Crippen molar-refractivity contribution in [3.8, 4) is 22.9 Å². The van der Waals surface area contributed by atoms with Gasteiger partial charge < -0.3 is 24.3 Å². The van der Waals surface area contributed by atoms with Crippen molar-refractivity contribution in [2.24, 2.45) is 0 Å². The third-order valence-electron chi connectivity index (χ3n) is 4.73. The number of amides is 1. The Morgan fingerprint density at radius 2 is 2.03 bits per heavy atom. The van der Waals surface area contributed by atoms with Crippen LogP contribution in [-0.2, 0) is 9.53 Å². The Morgan fingerprint density at radius 3 is 2.85 bits per heavy atom. The van der Waals surface area contributed by atoms with E-state index >= 15 is 0 Å². The first kappa shape index (κ1) is 21.9. The van der Waals surface area contributed by atoms with Gasteiger partial charge in [0.25, 0.3) is 0 Å². The summed E-state index contributed by atoms with van der Waals surface area (Å²) in [6.07, 6.45) is 4.74. The Balaban J connectivity index is 1.45. The third kappa shape index (κ3) is 5.15. The maximum Gasteiger partial charge on any atom is 0.358 e. The van der Waals surface area contributed by atoms with Gasteiger partial charge in [0.1, 0.15) is 13.2 Å². The van der Waals surface area contributed by atoms with Crippen LogP contribution in [0.5, 0.6) is 17.2 Å². The van der Waals surface area contributed by atoms with Crippen molar-refractivity contribution in [2.45, 2.75) is 6.92 Å². The van der Waals surface area contributed by atoms with E-state index in [2.05, 4.69) is 10.4 Å². The van der Waals surface area contributed by atoms with Gasteiger partial charge in [-0.25, -0.2) is 9.48 Å². The lowest BCUT2D eigenvalue weighted by molar-refractivity contribution is -0.111. The Kier molecular flexibility index (Phi) is 6.58. The van der Waals surface area contributed by atoms with Crippen LogP contribution >= 0.6 is 0 Å². The molecule has 1 aliphatic heterocycles. The summed E-state index contributed by atoms with van der Waals surface area (Å²) in [4.78, 5) is 24.3. The van der Waals surface area contributed by atoms with Crippen LogP contribution in [-0.4, -0.2) is 48.6 Å². The lowest BCUT2D eigenvalue weighted by atomic mass is 10.1. The van der Waals surface area contributed by atoms with Crippen molar-refractivity contribution < 1.29 is 28.5 Å². The minimum atomic E-state index is -0.485. The summed E-state index contributed by atoms with van der Waals surface area (Å²) in [6, 6.07) is 12.3. The second-order valence-corrected chi connectivity index (χ2v) is 6.99. The molecule has 0 saturated heterocycles. The molecule has 1 aromatic heterocycles. The van der Waals surface area contributed by atoms with Gasteiger partial charge in [-0.1, -0.05) is 6.07 Å². The molecule has 9 nitrogen and oxygen atoms in total. The molecule has 1 N–H and O–H groups in total. The zero-order chi connectivity index (χ0) is 23.2. The van der Waals surface area contributed by atoms with E-state index in [-0.39, 0.29) is 18.2 Å². The van der Waals surface area contributed by atoms with Crippen molar-refractivity contribution >= 4 is 23.6 Å². The first-order chi connectivity index (χ1) is 16.1. The number of esters is 1. The predicted molar refractivity (Wildman–Crippen MR) is 121 cm³/mol. The molecule has 2 heterocycles. The third-order valence-corrected chi connectivity index (χ3v) is 4.73. The van der Waals surface area contributed by atoms with Crippen LogP contribution in [0, 0.1) is 0 Å². The number of nitrogens with zero attached hydrogens (tertiary/aromatic N) is 2. The molecule has 0 unspecified atom stereocenters. The molecule has 2 aromatic carbocycles. The van der Waals surface area contributed by atoms with Gasteiger partial charge in [-0.2, -0.15) is 5.10 Å². The van der Waals surface area contributed by atoms with Crippen molar-refractivity contribution in [1.82, 2.24) is 9.78 Å². The summed E-state index contributed by atoms with van der Waals surface area (Å²) in [5.41, 5.74) is 2.21. The van der Waals surface area contributed by atoms with Gasteiger partial charge in [-0.3, -0.25) is 4.79 Å². The standard InChI is InChI=1S/C24H23N3O6/c1-3-31-24(29)19-9-10-27(26-19)18-6-4-5-17(15-18)25-22(28)8-7-16-13-20(30-2)23-21(14-16)32-11-12-33-23/h4-10,13-15H,3,11-12H2,1-2H3,(H,25,28). The molecule has 1 aliphatic rings. The topological polar surface area (TPSA) is 101 Å². The number of ether oxygens (including phenoxy) is 4. The van der Waals surface area contributed by atoms with Crippen LogP contribution in [0.3, 0.4) is 0 Å². The molecule has 1 amide bonds. The number of aromatic nitrogens is 2. The fourth-order valence-electron chi connectivity index (χ4n) is 3.25. The number of nitrogens with one attached hydrogen (secondary N) is 1. The number of hydrogen-bond donors (Lipinski definition) is 1. The van der Waals surface area contributed by atoms with Crippen LogP contribution in [0.2, 0.25) is 0 Å². The van der Waals surface area contributed by atoms with Gasteiger partial charge in [0.2, 0.25) is 11.7 Å². The highest BCUT2D eigenvalue weighted by molar-refractivity contribution is 6.02.